The molecule has 0 unspecified atom stereocenters. The first kappa shape index (κ1) is 22.8. The number of ether oxygens (including phenoxy) is 1. The maximum atomic E-state index is 13.0. The van der Waals surface area contributed by atoms with E-state index >= 15 is 0 Å². The third kappa shape index (κ3) is 5.22. The molecule has 32 heavy (non-hydrogen) atoms. The van der Waals surface area contributed by atoms with E-state index in [9.17, 15) is 23.3 Å². The lowest BCUT2D eigenvalue weighted by Crippen LogP contribution is -2.25. The summed E-state index contributed by atoms with van der Waals surface area (Å²) in [4.78, 5) is 22.7. The van der Waals surface area contributed by atoms with E-state index in [1.807, 2.05) is 31.2 Å². The van der Waals surface area contributed by atoms with Crippen molar-refractivity contribution in [3.63, 3.8) is 0 Å². The highest BCUT2D eigenvalue weighted by atomic mass is 32.2. The summed E-state index contributed by atoms with van der Waals surface area (Å²) in [6, 6.07) is 17.0. The van der Waals surface area contributed by atoms with Crippen molar-refractivity contribution in [2.24, 2.45) is 0 Å². The average molecular weight is 455 g/mol. The maximum absolute atomic E-state index is 13.0. The molecule has 3 aromatic rings. The van der Waals surface area contributed by atoms with E-state index in [0.29, 0.717) is 0 Å². The molecule has 0 atom stereocenters. The summed E-state index contributed by atoms with van der Waals surface area (Å²) in [7, 11) is -3.04. The Hall–Kier alpha value is -3.92. The average Bonchev–Trinajstić information content (AvgIpc) is 2.78. The van der Waals surface area contributed by atoms with E-state index in [0.717, 1.165) is 23.3 Å². The first-order valence-corrected chi connectivity index (χ1v) is 11.0. The third-order valence-corrected chi connectivity index (χ3v) is 6.02. The van der Waals surface area contributed by atoms with Crippen LogP contribution in [0.15, 0.2) is 71.6 Å². The predicted molar refractivity (Wildman–Crippen MR) is 119 cm³/mol. The van der Waals surface area contributed by atoms with Crippen molar-refractivity contribution >= 4 is 27.3 Å². The minimum absolute atomic E-state index is 0.0301. The molecule has 0 bridgehead atoms. The Balaban J connectivity index is 1.87. The highest BCUT2D eigenvalue weighted by Gasteiger charge is 2.25. The van der Waals surface area contributed by atoms with Crippen molar-refractivity contribution in [1.82, 2.24) is 5.32 Å². The van der Waals surface area contributed by atoms with Crippen LogP contribution in [0.4, 0.5) is 11.4 Å². The van der Waals surface area contributed by atoms with Gasteiger partial charge in [0.25, 0.3) is 21.6 Å². The van der Waals surface area contributed by atoms with Gasteiger partial charge in [-0.15, -0.1) is 0 Å². The lowest BCUT2D eigenvalue weighted by molar-refractivity contribution is -0.385. The number of nitrogens with one attached hydrogen (secondary N) is 2. The molecule has 0 aliphatic carbocycles. The Labute approximate surface area is 185 Å². The van der Waals surface area contributed by atoms with Crippen molar-refractivity contribution in [3.05, 3.63) is 93.5 Å². The second kappa shape index (κ2) is 9.48. The second-order valence-electron chi connectivity index (χ2n) is 6.91. The number of anilines is 1. The van der Waals surface area contributed by atoms with E-state index < -0.39 is 31.4 Å². The molecule has 0 spiro atoms. The van der Waals surface area contributed by atoms with Crippen LogP contribution in [0.1, 0.15) is 21.5 Å². The number of nitrogens with zero attached hydrogens (tertiary/aromatic N) is 1. The van der Waals surface area contributed by atoms with Crippen LogP contribution in [-0.2, 0) is 16.6 Å². The number of nitro benzene ring substituents is 1. The SMILES string of the molecule is COc1ccc([N+](=O)[O-])cc1S(=O)(=O)Nc1ccccc1C(=O)NCc1ccc(C)cc1. The smallest absolute Gasteiger partial charge is 0.271 e. The zero-order valence-electron chi connectivity index (χ0n) is 17.4. The molecule has 1 amide bonds. The van der Waals surface area contributed by atoms with E-state index in [1.54, 1.807) is 12.1 Å². The van der Waals surface area contributed by atoms with Gasteiger partial charge < -0.3 is 10.1 Å². The largest absolute Gasteiger partial charge is 0.495 e. The number of benzene rings is 3. The minimum atomic E-state index is -4.30. The van der Waals surface area contributed by atoms with Crippen LogP contribution in [0, 0.1) is 17.0 Å². The number of amides is 1. The van der Waals surface area contributed by atoms with E-state index in [4.69, 9.17) is 4.74 Å². The number of methoxy groups -OCH3 is 1. The van der Waals surface area contributed by atoms with Crippen molar-refractivity contribution in [1.29, 1.82) is 0 Å². The minimum Gasteiger partial charge on any atom is -0.495 e. The standard InChI is InChI=1S/C22H21N3O6S/c1-15-7-9-16(10-8-15)14-23-22(26)18-5-3-4-6-19(18)24-32(29,30)21-13-17(25(27)28)11-12-20(21)31-2/h3-13,24H,14H2,1-2H3,(H,23,26). The molecule has 0 saturated carbocycles. The second-order valence-corrected chi connectivity index (χ2v) is 8.56. The first-order valence-electron chi connectivity index (χ1n) is 9.49. The monoisotopic (exact) mass is 455 g/mol. The molecule has 166 valence electrons. The summed E-state index contributed by atoms with van der Waals surface area (Å²) in [6.07, 6.45) is 0. The van der Waals surface area contributed by atoms with Gasteiger partial charge in [-0.1, -0.05) is 42.0 Å². The zero-order chi connectivity index (χ0) is 23.3. The van der Waals surface area contributed by atoms with Gasteiger partial charge >= 0.3 is 0 Å². The van der Waals surface area contributed by atoms with Crippen LogP contribution in [0.2, 0.25) is 0 Å². The number of hydrogen-bond donors (Lipinski definition) is 2. The fourth-order valence-electron chi connectivity index (χ4n) is 2.94. The Kier molecular flexibility index (Phi) is 6.74. The number of para-hydroxylation sites is 1. The molecule has 0 aromatic heterocycles. The molecule has 10 heteroatoms. The summed E-state index contributed by atoms with van der Waals surface area (Å²) in [5.41, 5.74) is 1.71. The molecule has 0 radical (unpaired) electrons. The molecule has 9 nitrogen and oxygen atoms in total. The third-order valence-electron chi connectivity index (χ3n) is 4.64. The Morgan fingerprint density at radius 2 is 1.75 bits per heavy atom. The van der Waals surface area contributed by atoms with Gasteiger partial charge in [0.1, 0.15) is 10.6 Å². The number of carbonyl (C=O) groups is 1. The maximum Gasteiger partial charge on any atom is 0.271 e. The molecular formula is C22H21N3O6S. The van der Waals surface area contributed by atoms with Crippen LogP contribution >= 0.6 is 0 Å². The normalized spacial score (nSPS) is 10.9. The molecule has 0 aliphatic rings. The predicted octanol–water partition coefficient (Wildman–Crippen LogP) is 3.64. The van der Waals surface area contributed by atoms with E-state index in [1.165, 1.54) is 25.3 Å². The van der Waals surface area contributed by atoms with Gasteiger partial charge in [-0.2, -0.15) is 0 Å². The summed E-state index contributed by atoms with van der Waals surface area (Å²) >= 11 is 0. The van der Waals surface area contributed by atoms with Crippen LogP contribution in [0.5, 0.6) is 5.75 Å². The van der Waals surface area contributed by atoms with E-state index in [2.05, 4.69) is 10.0 Å². The quantitative estimate of drug-likeness (QED) is 0.394. The summed E-state index contributed by atoms with van der Waals surface area (Å²) < 4.78 is 33.4. The summed E-state index contributed by atoms with van der Waals surface area (Å²) in [5, 5.41) is 13.8. The van der Waals surface area contributed by atoms with Gasteiger partial charge in [-0.05, 0) is 30.7 Å². The first-order chi connectivity index (χ1) is 15.2. The molecule has 0 fully saturated rings. The number of hydrogen-bond acceptors (Lipinski definition) is 6. The Morgan fingerprint density at radius 3 is 2.41 bits per heavy atom. The zero-order valence-corrected chi connectivity index (χ0v) is 18.2. The molecule has 3 rings (SSSR count). The van der Waals surface area contributed by atoms with Crippen LogP contribution in [0.3, 0.4) is 0 Å². The lowest BCUT2D eigenvalue weighted by Gasteiger charge is -2.14. The summed E-state index contributed by atoms with van der Waals surface area (Å²) in [6.45, 7) is 2.22. The van der Waals surface area contributed by atoms with Crippen molar-refractivity contribution in [3.8, 4) is 5.75 Å². The van der Waals surface area contributed by atoms with Gasteiger partial charge in [0.15, 0.2) is 0 Å². The number of rotatable bonds is 8. The molecule has 3 aromatic carbocycles. The molecule has 0 saturated heterocycles. The Morgan fingerprint density at radius 1 is 1.06 bits per heavy atom. The highest BCUT2D eigenvalue weighted by molar-refractivity contribution is 7.92. The van der Waals surface area contributed by atoms with Gasteiger partial charge in [0.05, 0.1) is 23.3 Å². The number of sulfonamides is 1. The number of non-ortho nitro benzene ring substituents is 1. The molecular weight excluding hydrogens is 434 g/mol. The number of carbonyl (C=O) groups excluding carboxylic acids is 1. The van der Waals surface area contributed by atoms with Crippen molar-refractivity contribution in [2.45, 2.75) is 18.4 Å². The molecule has 2 N–H and O–H groups in total. The lowest BCUT2D eigenvalue weighted by atomic mass is 10.1. The molecule has 0 heterocycles. The van der Waals surface area contributed by atoms with Crippen LogP contribution in [-0.4, -0.2) is 26.4 Å². The van der Waals surface area contributed by atoms with Crippen LogP contribution < -0.4 is 14.8 Å². The van der Waals surface area contributed by atoms with Gasteiger partial charge in [-0.3, -0.25) is 19.6 Å². The van der Waals surface area contributed by atoms with Gasteiger partial charge in [-0.25, -0.2) is 8.42 Å². The number of nitro groups is 1. The molecule has 0 aliphatic heterocycles. The van der Waals surface area contributed by atoms with Crippen molar-refractivity contribution in [2.75, 3.05) is 11.8 Å². The van der Waals surface area contributed by atoms with Gasteiger partial charge in [0, 0.05) is 18.7 Å². The van der Waals surface area contributed by atoms with Crippen LogP contribution in [0.25, 0.3) is 0 Å². The van der Waals surface area contributed by atoms with E-state index in [-0.39, 0.29) is 23.5 Å². The number of aryl methyl sites for hydroxylation is 1. The topological polar surface area (TPSA) is 128 Å². The Bertz CT molecular complexity index is 1260. The van der Waals surface area contributed by atoms with Gasteiger partial charge in [0.2, 0.25) is 0 Å². The fraction of sp³-hybridized carbons (Fsp3) is 0.136. The summed E-state index contributed by atoms with van der Waals surface area (Å²) in [5.74, 6) is -0.542. The highest BCUT2D eigenvalue weighted by Crippen LogP contribution is 2.30. The van der Waals surface area contributed by atoms with Crippen molar-refractivity contribution < 1.29 is 22.9 Å². The fourth-order valence-corrected chi connectivity index (χ4v) is 4.21.